The topological polar surface area (TPSA) is 34.1 Å². The van der Waals surface area contributed by atoms with E-state index in [1.54, 1.807) is 12.1 Å². The number of ketones is 2. The van der Waals surface area contributed by atoms with Crippen LogP contribution < -0.4 is 0 Å². The summed E-state index contributed by atoms with van der Waals surface area (Å²) in [7, 11) is 0. The fourth-order valence-electron chi connectivity index (χ4n) is 5.29. The average Bonchev–Trinajstić information content (AvgIpc) is 3.05. The molecule has 0 saturated carbocycles. The maximum atomic E-state index is 13.9. The van der Waals surface area contributed by atoms with Gasteiger partial charge >= 0.3 is 0 Å². The van der Waals surface area contributed by atoms with Crippen LogP contribution in [0.5, 0.6) is 0 Å². The lowest BCUT2D eigenvalue weighted by atomic mass is 9.84. The van der Waals surface area contributed by atoms with E-state index in [2.05, 4.69) is 72.8 Å². The van der Waals surface area contributed by atoms with Crippen LogP contribution in [0.2, 0.25) is 0 Å². The second kappa shape index (κ2) is 11.3. The van der Waals surface area contributed by atoms with Crippen molar-refractivity contribution in [3.63, 3.8) is 0 Å². The highest BCUT2D eigenvalue weighted by molar-refractivity contribution is 7.99. The van der Waals surface area contributed by atoms with Crippen molar-refractivity contribution < 1.29 is 9.59 Å². The second-order valence-corrected chi connectivity index (χ2v) is 12.2. The van der Waals surface area contributed by atoms with E-state index < -0.39 is 0 Å². The first-order chi connectivity index (χ1) is 20.7. The molecule has 2 nitrogen and oxygen atoms in total. The predicted molar refractivity (Wildman–Crippen MR) is 172 cm³/mol. The molecule has 0 aliphatic heterocycles. The number of hydrogen-bond acceptors (Lipinski definition) is 4. The lowest BCUT2D eigenvalue weighted by Crippen LogP contribution is -2.22. The van der Waals surface area contributed by atoms with E-state index in [1.807, 2.05) is 60.7 Å². The monoisotopic (exact) mass is 576 g/mol. The molecule has 6 aromatic carbocycles. The van der Waals surface area contributed by atoms with Crippen molar-refractivity contribution in [2.24, 2.45) is 0 Å². The van der Waals surface area contributed by atoms with Crippen LogP contribution in [-0.2, 0) is 0 Å². The highest BCUT2D eigenvalue weighted by Gasteiger charge is 2.33. The van der Waals surface area contributed by atoms with Crippen molar-refractivity contribution in [2.75, 3.05) is 0 Å². The summed E-state index contributed by atoms with van der Waals surface area (Å²) in [5.74, 6) is -0.212. The number of hydrogen-bond donors (Lipinski definition) is 0. The molecule has 0 saturated heterocycles. The van der Waals surface area contributed by atoms with E-state index >= 15 is 0 Å². The van der Waals surface area contributed by atoms with Gasteiger partial charge in [0.25, 0.3) is 0 Å². The third-order valence-electron chi connectivity index (χ3n) is 7.37. The molecule has 0 bridgehead atoms. The van der Waals surface area contributed by atoms with Crippen molar-refractivity contribution in [3.8, 4) is 22.3 Å². The van der Waals surface area contributed by atoms with E-state index in [9.17, 15) is 9.59 Å². The van der Waals surface area contributed by atoms with Gasteiger partial charge in [-0.3, -0.25) is 9.59 Å². The van der Waals surface area contributed by atoms with Gasteiger partial charge in [0, 0.05) is 41.8 Å². The highest BCUT2D eigenvalue weighted by atomic mass is 32.2. The molecule has 1 aliphatic rings. The molecule has 7 rings (SSSR count). The Morgan fingerprint density at radius 3 is 1.07 bits per heavy atom. The van der Waals surface area contributed by atoms with Gasteiger partial charge in [-0.25, -0.2) is 0 Å². The molecular weight excluding hydrogens is 553 g/mol. The van der Waals surface area contributed by atoms with Gasteiger partial charge in [0.15, 0.2) is 11.6 Å². The van der Waals surface area contributed by atoms with Crippen molar-refractivity contribution in [2.45, 2.75) is 19.6 Å². The smallest absolute Gasteiger partial charge is 0.195 e. The summed E-state index contributed by atoms with van der Waals surface area (Å²) in [6, 6.07) is 48.2. The zero-order valence-electron chi connectivity index (χ0n) is 22.5. The van der Waals surface area contributed by atoms with E-state index in [1.165, 1.54) is 23.5 Å². The first-order valence-corrected chi connectivity index (χ1v) is 15.3. The fraction of sp³-hybridized carbons (Fsp3) is 0. The van der Waals surface area contributed by atoms with Gasteiger partial charge in [-0.05, 0) is 58.7 Å². The number of benzene rings is 6. The molecule has 0 amide bonds. The van der Waals surface area contributed by atoms with Crippen LogP contribution in [-0.4, -0.2) is 11.6 Å². The van der Waals surface area contributed by atoms with Crippen LogP contribution in [0.4, 0.5) is 0 Å². The molecule has 0 atom stereocenters. The minimum absolute atomic E-state index is 0.106. The van der Waals surface area contributed by atoms with Crippen LogP contribution >= 0.6 is 23.5 Å². The Hall–Kier alpha value is -4.64. The lowest BCUT2D eigenvalue weighted by Gasteiger charge is -2.22. The molecule has 4 heteroatoms. The Labute approximate surface area is 253 Å². The number of carbonyl (C=O) groups is 2. The average molecular weight is 577 g/mol. The Bertz CT molecular complexity index is 1780. The Kier molecular flexibility index (Phi) is 7.08. The van der Waals surface area contributed by atoms with Gasteiger partial charge in [0.1, 0.15) is 0 Å². The molecule has 42 heavy (non-hydrogen) atoms. The predicted octanol–water partition coefficient (Wildman–Crippen LogP) is 10.1. The molecule has 6 aromatic rings. The van der Waals surface area contributed by atoms with Crippen LogP contribution in [0.25, 0.3) is 22.3 Å². The second-order valence-electron chi connectivity index (χ2n) is 10.0. The molecule has 0 unspecified atom stereocenters. The summed E-state index contributed by atoms with van der Waals surface area (Å²) in [5.41, 5.74) is 6.48. The van der Waals surface area contributed by atoms with Crippen LogP contribution in [0, 0.1) is 0 Å². The van der Waals surface area contributed by atoms with E-state index in [-0.39, 0.29) is 11.6 Å². The first-order valence-electron chi connectivity index (χ1n) is 13.7. The van der Waals surface area contributed by atoms with Crippen LogP contribution in [0.3, 0.4) is 0 Å². The van der Waals surface area contributed by atoms with Crippen LogP contribution in [0.15, 0.2) is 165 Å². The van der Waals surface area contributed by atoms with Crippen molar-refractivity contribution >= 4 is 35.1 Å². The van der Waals surface area contributed by atoms with Gasteiger partial charge in [-0.15, -0.1) is 0 Å². The Morgan fingerprint density at radius 1 is 0.333 bits per heavy atom. The normalized spacial score (nSPS) is 12.1. The van der Waals surface area contributed by atoms with Crippen molar-refractivity contribution in [3.05, 3.63) is 168 Å². The molecular formula is C38H24O2S2. The van der Waals surface area contributed by atoms with E-state index in [0.717, 1.165) is 41.8 Å². The maximum absolute atomic E-state index is 13.9. The first kappa shape index (κ1) is 26.3. The Balaban J connectivity index is 1.17. The molecule has 0 heterocycles. The zero-order chi connectivity index (χ0) is 28.5. The summed E-state index contributed by atoms with van der Waals surface area (Å²) in [4.78, 5) is 31.5. The fourth-order valence-corrected chi connectivity index (χ4v) is 7.25. The molecule has 0 aromatic heterocycles. The van der Waals surface area contributed by atoms with Gasteiger partial charge in [-0.2, -0.15) is 0 Å². The van der Waals surface area contributed by atoms with E-state index in [4.69, 9.17) is 0 Å². The summed E-state index contributed by atoms with van der Waals surface area (Å²) < 4.78 is 0. The standard InChI is InChI=1S/C38H24O2S2/c39-37-32-14-8-16-34(42-30-23-19-28(20-24-30)26-11-5-2-6-12-26)36(32)38(40)31-13-7-15-33(35(31)37)41-29-21-17-27(18-22-29)25-9-3-1-4-10-25/h1-24H. The minimum Gasteiger partial charge on any atom is -0.289 e. The van der Waals surface area contributed by atoms with Crippen LogP contribution in [0.1, 0.15) is 31.8 Å². The minimum atomic E-state index is -0.106. The molecule has 0 N–H and O–H groups in total. The van der Waals surface area contributed by atoms with E-state index in [0.29, 0.717) is 22.3 Å². The largest absolute Gasteiger partial charge is 0.289 e. The lowest BCUT2D eigenvalue weighted by molar-refractivity contribution is 0.0974. The molecule has 0 radical (unpaired) electrons. The quantitative estimate of drug-likeness (QED) is 0.197. The van der Waals surface area contributed by atoms with Gasteiger partial charge < -0.3 is 0 Å². The SMILES string of the molecule is O=C1c2cccc(Sc3ccc(-c4ccccc4)cc3)c2C(=O)c2cccc(Sc3ccc(-c4ccccc4)cc3)c21. The molecule has 1 aliphatic carbocycles. The summed E-state index contributed by atoms with van der Waals surface area (Å²) in [6.07, 6.45) is 0. The number of fused-ring (bicyclic) bond motifs is 2. The van der Waals surface area contributed by atoms with Gasteiger partial charge in [0.2, 0.25) is 0 Å². The Morgan fingerprint density at radius 2 is 0.690 bits per heavy atom. The summed E-state index contributed by atoms with van der Waals surface area (Å²) in [5, 5.41) is 0. The zero-order valence-corrected chi connectivity index (χ0v) is 24.1. The summed E-state index contributed by atoms with van der Waals surface area (Å²) >= 11 is 3.03. The molecule has 0 fully saturated rings. The third kappa shape index (κ3) is 5.00. The van der Waals surface area contributed by atoms with Crippen molar-refractivity contribution in [1.82, 2.24) is 0 Å². The highest BCUT2D eigenvalue weighted by Crippen LogP contribution is 2.41. The van der Waals surface area contributed by atoms with Crippen molar-refractivity contribution in [1.29, 1.82) is 0 Å². The number of carbonyl (C=O) groups excluding carboxylic acids is 2. The van der Waals surface area contributed by atoms with Gasteiger partial charge in [0.05, 0.1) is 0 Å². The molecule has 200 valence electrons. The molecule has 0 spiro atoms. The maximum Gasteiger partial charge on any atom is 0.195 e. The summed E-state index contributed by atoms with van der Waals surface area (Å²) in [6.45, 7) is 0. The number of rotatable bonds is 6. The van der Waals surface area contributed by atoms with Gasteiger partial charge in [-0.1, -0.05) is 133 Å². The third-order valence-corrected chi connectivity index (χ3v) is 9.51.